The molecule has 3 nitrogen and oxygen atoms in total. The summed E-state index contributed by atoms with van der Waals surface area (Å²) in [7, 11) is 0. The van der Waals surface area contributed by atoms with E-state index in [0.717, 1.165) is 25.0 Å². The van der Waals surface area contributed by atoms with Crippen LogP contribution in [0.15, 0.2) is 22.8 Å². The highest BCUT2D eigenvalue weighted by Crippen LogP contribution is 2.38. The largest absolute Gasteiger partial charge is 0.469 e. The number of hydrogen-bond acceptors (Lipinski definition) is 3. The summed E-state index contributed by atoms with van der Waals surface area (Å²) >= 11 is 0. The molecule has 1 fully saturated rings. The Labute approximate surface area is 89.6 Å². The first-order chi connectivity index (χ1) is 7.13. The van der Waals surface area contributed by atoms with Crippen LogP contribution in [0.2, 0.25) is 0 Å². The zero-order valence-corrected chi connectivity index (χ0v) is 9.03. The minimum Gasteiger partial charge on any atom is -0.469 e. The van der Waals surface area contributed by atoms with Crippen molar-refractivity contribution < 1.29 is 9.21 Å². The number of rotatable bonds is 3. The molecule has 0 amide bonds. The predicted octanol–water partition coefficient (Wildman–Crippen LogP) is 1.91. The molecule has 0 bridgehead atoms. The number of hydrogen-bond donors (Lipinski definition) is 1. The summed E-state index contributed by atoms with van der Waals surface area (Å²) in [6, 6.07) is 3.65. The van der Waals surface area contributed by atoms with Gasteiger partial charge in [-0.15, -0.1) is 0 Å². The number of ketones is 1. The van der Waals surface area contributed by atoms with Crippen LogP contribution in [0.3, 0.4) is 0 Å². The van der Waals surface area contributed by atoms with Crippen molar-refractivity contribution in [1.82, 2.24) is 0 Å². The summed E-state index contributed by atoms with van der Waals surface area (Å²) in [4.78, 5) is 12.1. The zero-order valence-electron chi connectivity index (χ0n) is 9.03. The standard InChI is InChI=1S/C12H17NO2/c1-12(6-2-5-10(12)13)11(14)8-9-4-3-7-15-9/h3-4,7,10H,2,5-6,8,13H2,1H3. The molecule has 0 spiro atoms. The summed E-state index contributed by atoms with van der Waals surface area (Å²) < 4.78 is 5.18. The summed E-state index contributed by atoms with van der Waals surface area (Å²) in [5.41, 5.74) is 5.65. The molecule has 15 heavy (non-hydrogen) atoms. The van der Waals surface area contributed by atoms with Gasteiger partial charge in [-0.1, -0.05) is 13.3 Å². The monoisotopic (exact) mass is 207 g/mol. The van der Waals surface area contributed by atoms with E-state index in [1.165, 1.54) is 0 Å². The second kappa shape index (κ2) is 3.81. The second-order valence-corrected chi connectivity index (χ2v) is 4.60. The Morgan fingerprint density at radius 3 is 3.07 bits per heavy atom. The summed E-state index contributed by atoms with van der Waals surface area (Å²) in [6.45, 7) is 1.98. The second-order valence-electron chi connectivity index (χ2n) is 4.60. The first-order valence-corrected chi connectivity index (χ1v) is 5.44. The van der Waals surface area contributed by atoms with Crippen molar-refractivity contribution in [2.45, 2.75) is 38.6 Å². The fourth-order valence-electron chi connectivity index (χ4n) is 2.31. The highest BCUT2D eigenvalue weighted by molar-refractivity contribution is 5.87. The molecule has 1 saturated carbocycles. The van der Waals surface area contributed by atoms with Crippen molar-refractivity contribution in [3.05, 3.63) is 24.2 Å². The normalized spacial score (nSPS) is 30.7. The third-order valence-corrected chi connectivity index (χ3v) is 3.58. The lowest BCUT2D eigenvalue weighted by molar-refractivity contribution is -0.127. The van der Waals surface area contributed by atoms with Gasteiger partial charge < -0.3 is 10.2 Å². The van der Waals surface area contributed by atoms with Crippen LogP contribution >= 0.6 is 0 Å². The van der Waals surface area contributed by atoms with Crippen LogP contribution in [0, 0.1) is 5.41 Å². The summed E-state index contributed by atoms with van der Waals surface area (Å²) in [5.74, 6) is 0.947. The SMILES string of the molecule is CC1(C(=O)Cc2ccco2)CCCC1N. The number of carbonyl (C=O) groups excluding carboxylic acids is 1. The Morgan fingerprint density at radius 2 is 2.53 bits per heavy atom. The van der Waals surface area contributed by atoms with Gasteiger partial charge in [0.05, 0.1) is 12.7 Å². The molecule has 1 heterocycles. The van der Waals surface area contributed by atoms with E-state index in [9.17, 15) is 4.79 Å². The molecule has 1 aliphatic carbocycles. The fraction of sp³-hybridized carbons (Fsp3) is 0.583. The maximum Gasteiger partial charge on any atom is 0.147 e. The van der Waals surface area contributed by atoms with Crippen molar-refractivity contribution >= 4 is 5.78 Å². The predicted molar refractivity (Wildman–Crippen MR) is 57.4 cm³/mol. The van der Waals surface area contributed by atoms with Crippen LogP contribution in [0.1, 0.15) is 31.9 Å². The third-order valence-electron chi connectivity index (χ3n) is 3.58. The van der Waals surface area contributed by atoms with Gasteiger partial charge in [-0.25, -0.2) is 0 Å². The maximum absolute atomic E-state index is 12.1. The molecule has 2 N–H and O–H groups in total. The van der Waals surface area contributed by atoms with Gasteiger partial charge in [0.2, 0.25) is 0 Å². The Hall–Kier alpha value is -1.09. The summed E-state index contributed by atoms with van der Waals surface area (Å²) in [6.07, 6.45) is 4.90. The van der Waals surface area contributed by atoms with Gasteiger partial charge in [-0.05, 0) is 25.0 Å². The molecular formula is C12H17NO2. The Balaban J connectivity index is 2.07. The minimum absolute atomic E-state index is 0.0139. The van der Waals surface area contributed by atoms with Gasteiger partial charge in [0, 0.05) is 11.5 Å². The van der Waals surface area contributed by atoms with Crippen LogP contribution < -0.4 is 5.73 Å². The van der Waals surface area contributed by atoms with Gasteiger partial charge in [0.25, 0.3) is 0 Å². The van der Waals surface area contributed by atoms with E-state index in [1.54, 1.807) is 12.3 Å². The Bertz CT molecular complexity index is 345. The van der Waals surface area contributed by atoms with Gasteiger partial charge in [-0.2, -0.15) is 0 Å². The Kier molecular flexibility index (Phi) is 2.65. The van der Waals surface area contributed by atoms with Crippen molar-refractivity contribution in [3.8, 4) is 0 Å². The Morgan fingerprint density at radius 1 is 1.73 bits per heavy atom. The van der Waals surface area contributed by atoms with E-state index in [-0.39, 0.29) is 17.2 Å². The maximum atomic E-state index is 12.1. The lowest BCUT2D eigenvalue weighted by Crippen LogP contribution is -2.41. The topological polar surface area (TPSA) is 56.2 Å². The molecular weight excluding hydrogens is 190 g/mol. The quantitative estimate of drug-likeness (QED) is 0.823. The van der Waals surface area contributed by atoms with Crippen LogP contribution in [0.4, 0.5) is 0 Å². The van der Waals surface area contributed by atoms with Crippen molar-refractivity contribution in [1.29, 1.82) is 0 Å². The molecule has 2 unspecified atom stereocenters. The summed E-state index contributed by atoms with van der Waals surface area (Å²) in [5, 5.41) is 0. The molecule has 82 valence electrons. The van der Waals surface area contributed by atoms with E-state index in [4.69, 9.17) is 10.2 Å². The molecule has 0 saturated heterocycles. The van der Waals surface area contributed by atoms with Gasteiger partial charge in [-0.3, -0.25) is 4.79 Å². The fourth-order valence-corrected chi connectivity index (χ4v) is 2.31. The van der Waals surface area contributed by atoms with Crippen molar-refractivity contribution in [3.63, 3.8) is 0 Å². The number of furan rings is 1. The van der Waals surface area contributed by atoms with E-state index < -0.39 is 0 Å². The average molecular weight is 207 g/mol. The molecule has 1 aliphatic rings. The van der Waals surface area contributed by atoms with E-state index in [1.807, 2.05) is 13.0 Å². The van der Waals surface area contributed by atoms with Crippen LogP contribution in [-0.4, -0.2) is 11.8 Å². The van der Waals surface area contributed by atoms with E-state index in [2.05, 4.69) is 0 Å². The lowest BCUT2D eigenvalue weighted by atomic mass is 9.79. The lowest BCUT2D eigenvalue weighted by Gasteiger charge is -2.26. The molecule has 2 atom stereocenters. The van der Waals surface area contributed by atoms with Crippen LogP contribution in [-0.2, 0) is 11.2 Å². The van der Waals surface area contributed by atoms with Gasteiger partial charge in [0.1, 0.15) is 11.5 Å². The molecule has 3 heteroatoms. The molecule has 0 radical (unpaired) electrons. The average Bonchev–Trinajstić information content (AvgIpc) is 2.79. The number of carbonyl (C=O) groups is 1. The molecule has 0 aliphatic heterocycles. The number of nitrogens with two attached hydrogens (primary N) is 1. The number of Topliss-reactive ketones (excluding diaryl/α,β-unsaturated/α-hetero) is 1. The first kappa shape index (κ1) is 10.4. The van der Waals surface area contributed by atoms with Gasteiger partial charge >= 0.3 is 0 Å². The molecule has 1 aromatic rings. The molecule has 2 rings (SSSR count). The molecule has 1 aromatic heterocycles. The first-order valence-electron chi connectivity index (χ1n) is 5.44. The highest BCUT2D eigenvalue weighted by atomic mass is 16.3. The van der Waals surface area contributed by atoms with E-state index >= 15 is 0 Å². The van der Waals surface area contributed by atoms with Crippen LogP contribution in [0.5, 0.6) is 0 Å². The highest BCUT2D eigenvalue weighted by Gasteiger charge is 2.42. The third kappa shape index (κ3) is 1.84. The van der Waals surface area contributed by atoms with Crippen LogP contribution in [0.25, 0.3) is 0 Å². The van der Waals surface area contributed by atoms with Gasteiger partial charge in [0.15, 0.2) is 0 Å². The minimum atomic E-state index is -0.340. The van der Waals surface area contributed by atoms with Crippen molar-refractivity contribution in [2.24, 2.45) is 11.1 Å². The zero-order chi connectivity index (χ0) is 10.9. The van der Waals surface area contributed by atoms with Crippen molar-refractivity contribution in [2.75, 3.05) is 0 Å². The smallest absolute Gasteiger partial charge is 0.147 e. The molecule has 0 aromatic carbocycles. The van der Waals surface area contributed by atoms with E-state index in [0.29, 0.717) is 6.42 Å².